The Morgan fingerprint density at radius 1 is 0.969 bits per heavy atom. The number of carbonyl (C=O) groups is 2. The third-order valence-electron chi connectivity index (χ3n) is 5.27. The van der Waals surface area contributed by atoms with Gasteiger partial charge in [0.25, 0.3) is 0 Å². The molecule has 1 heterocycles. The second-order valence-electron chi connectivity index (χ2n) is 7.90. The standard InChI is InChI=1S/C17H21N3O3.C7H12O2/c1-11(2)12-7-5-6-8-13(12)18-17(21)19-14-9-10-15(22-3)20-16(14)23-4;8-7(9)6-4-2-1-3-5-6/h5-11H,1-4H3,(H2,18,19,21);6H,1-5H2,(H,8,9). The molecule has 8 nitrogen and oxygen atoms in total. The number of nitrogens with one attached hydrogen (secondary N) is 2. The predicted octanol–water partition coefficient (Wildman–Crippen LogP) is 5.52. The Morgan fingerprint density at radius 3 is 2.19 bits per heavy atom. The maximum atomic E-state index is 12.2. The fraction of sp³-hybridized carbons (Fsp3) is 0.458. The number of para-hydroxylation sites is 1. The number of methoxy groups -OCH3 is 2. The predicted molar refractivity (Wildman–Crippen MR) is 125 cm³/mol. The van der Waals surface area contributed by atoms with Gasteiger partial charge in [0.15, 0.2) is 0 Å². The van der Waals surface area contributed by atoms with Crippen LogP contribution in [0, 0.1) is 5.92 Å². The van der Waals surface area contributed by atoms with Crippen molar-refractivity contribution in [1.29, 1.82) is 0 Å². The van der Waals surface area contributed by atoms with E-state index in [1.807, 2.05) is 24.3 Å². The first-order chi connectivity index (χ1) is 15.3. The van der Waals surface area contributed by atoms with E-state index < -0.39 is 5.97 Å². The van der Waals surface area contributed by atoms with Crippen LogP contribution in [-0.2, 0) is 4.79 Å². The quantitative estimate of drug-likeness (QED) is 0.542. The van der Waals surface area contributed by atoms with Crippen LogP contribution in [0.1, 0.15) is 57.4 Å². The molecule has 2 amide bonds. The van der Waals surface area contributed by atoms with Crippen molar-refractivity contribution in [1.82, 2.24) is 4.98 Å². The van der Waals surface area contributed by atoms with Gasteiger partial charge in [0, 0.05) is 11.8 Å². The normalized spacial score (nSPS) is 13.5. The second-order valence-corrected chi connectivity index (χ2v) is 7.90. The Labute approximate surface area is 189 Å². The number of aliphatic carboxylic acids is 1. The molecule has 3 rings (SSSR count). The second kappa shape index (κ2) is 12.5. The van der Waals surface area contributed by atoms with Crippen molar-refractivity contribution in [3.63, 3.8) is 0 Å². The average Bonchev–Trinajstić information content (AvgIpc) is 2.80. The largest absolute Gasteiger partial charge is 0.481 e. The fourth-order valence-electron chi connectivity index (χ4n) is 3.53. The highest BCUT2D eigenvalue weighted by Gasteiger charge is 2.19. The first-order valence-electron chi connectivity index (χ1n) is 10.8. The van der Waals surface area contributed by atoms with E-state index in [1.165, 1.54) is 20.6 Å². The molecule has 1 aliphatic rings. The number of urea groups is 1. The van der Waals surface area contributed by atoms with Gasteiger partial charge in [-0.05, 0) is 36.5 Å². The van der Waals surface area contributed by atoms with Gasteiger partial charge in [0.05, 0.1) is 20.1 Å². The molecule has 2 aromatic rings. The van der Waals surface area contributed by atoms with Crippen molar-refractivity contribution in [2.45, 2.75) is 51.9 Å². The van der Waals surface area contributed by atoms with Gasteiger partial charge in [-0.2, -0.15) is 4.98 Å². The maximum Gasteiger partial charge on any atom is 0.323 e. The number of hydrogen-bond donors (Lipinski definition) is 3. The van der Waals surface area contributed by atoms with Gasteiger partial charge in [0.2, 0.25) is 11.8 Å². The highest BCUT2D eigenvalue weighted by molar-refractivity contribution is 6.01. The number of rotatable bonds is 6. The van der Waals surface area contributed by atoms with Gasteiger partial charge < -0.3 is 25.2 Å². The molecule has 0 bridgehead atoms. The van der Waals surface area contributed by atoms with Crippen LogP contribution in [0.2, 0.25) is 0 Å². The minimum absolute atomic E-state index is 0.0289. The van der Waals surface area contributed by atoms with Crippen LogP contribution in [0.25, 0.3) is 0 Å². The zero-order valence-corrected chi connectivity index (χ0v) is 19.2. The molecule has 32 heavy (non-hydrogen) atoms. The smallest absolute Gasteiger partial charge is 0.323 e. The van der Waals surface area contributed by atoms with Crippen molar-refractivity contribution >= 4 is 23.4 Å². The molecule has 0 aliphatic heterocycles. The molecule has 0 spiro atoms. The summed E-state index contributed by atoms with van der Waals surface area (Å²) in [6.45, 7) is 4.16. The summed E-state index contributed by atoms with van der Waals surface area (Å²) in [5.41, 5.74) is 2.32. The van der Waals surface area contributed by atoms with E-state index in [4.69, 9.17) is 14.6 Å². The topological polar surface area (TPSA) is 110 Å². The number of pyridine rings is 1. The molecule has 8 heteroatoms. The molecule has 0 saturated heterocycles. The maximum absolute atomic E-state index is 12.2. The molecule has 0 unspecified atom stereocenters. The summed E-state index contributed by atoms with van der Waals surface area (Å²) < 4.78 is 10.2. The SMILES string of the molecule is COc1ccc(NC(=O)Nc2ccccc2C(C)C)c(OC)n1.O=C(O)C1CCCCC1. The van der Waals surface area contributed by atoms with Crippen LogP contribution < -0.4 is 20.1 Å². The van der Waals surface area contributed by atoms with Crippen molar-refractivity contribution in [2.75, 3.05) is 24.9 Å². The number of amides is 2. The Bertz CT molecular complexity index is 895. The molecule has 3 N–H and O–H groups in total. The highest BCUT2D eigenvalue weighted by atomic mass is 16.5. The van der Waals surface area contributed by atoms with Crippen molar-refractivity contribution < 1.29 is 24.2 Å². The number of benzene rings is 1. The van der Waals surface area contributed by atoms with Crippen molar-refractivity contribution in [3.8, 4) is 11.8 Å². The fourth-order valence-corrected chi connectivity index (χ4v) is 3.53. The molecule has 1 aromatic carbocycles. The molecule has 1 fully saturated rings. The molecule has 1 aliphatic carbocycles. The Morgan fingerprint density at radius 2 is 1.62 bits per heavy atom. The zero-order chi connectivity index (χ0) is 23.5. The number of anilines is 2. The summed E-state index contributed by atoms with van der Waals surface area (Å²) in [5.74, 6) is 0.381. The minimum Gasteiger partial charge on any atom is -0.481 e. The Balaban J connectivity index is 0.000000336. The number of ether oxygens (including phenoxy) is 2. The minimum atomic E-state index is -0.602. The summed E-state index contributed by atoms with van der Waals surface area (Å²) in [6.07, 6.45) is 5.24. The van der Waals surface area contributed by atoms with Gasteiger partial charge in [-0.15, -0.1) is 0 Å². The van der Waals surface area contributed by atoms with Gasteiger partial charge in [0.1, 0.15) is 5.69 Å². The molecular formula is C24H33N3O5. The Hall–Kier alpha value is -3.29. The lowest BCUT2D eigenvalue weighted by molar-refractivity contribution is -0.142. The molecular weight excluding hydrogens is 410 g/mol. The summed E-state index contributed by atoms with van der Waals surface area (Å²) in [7, 11) is 3.00. The van der Waals surface area contributed by atoms with Gasteiger partial charge in [-0.1, -0.05) is 51.3 Å². The first kappa shape index (κ1) is 25.0. The van der Waals surface area contributed by atoms with Crippen molar-refractivity contribution in [2.24, 2.45) is 5.92 Å². The lowest BCUT2D eigenvalue weighted by Crippen LogP contribution is -2.21. The van der Waals surface area contributed by atoms with E-state index in [1.54, 1.807) is 12.1 Å². The van der Waals surface area contributed by atoms with E-state index in [2.05, 4.69) is 29.5 Å². The number of aromatic nitrogens is 1. The molecule has 0 radical (unpaired) electrons. The van der Waals surface area contributed by atoms with Crippen LogP contribution in [0.5, 0.6) is 11.8 Å². The third-order valence-corrected chi connectivity index (χ3v) is 5.27. The van der Waals surface area contributed by atoms with Crippen LogP contribution in [0.15, 0.2) is 36.4 Å². The average molecular weight is 444 g/mol. The lowest BCUT2D eigenvalue weighted by Gasteiger charge is -2.16. The van der Waals surface area contributed by atoms with E-state index in [0.717, 1.165) is 36.9 Å². The summed E-state index contributed by atoms with van der Waals surface area (Å²) in [4.78, 5) is 26.7. The highest BCUT2D eigenvalue weighted by Crippen LogP contribution is 2.27. The van der Waals surface area contributed by atoms with E-state index in [0.29, 0.717) is 17.5 Å². The lowest BCUT2D eigenvalue weighted by atomic mass is 9.90. The first-order valence-corrected chi connectivity index (χ1v) is 10.8. The van der Waals surface area contributed by atoms with Crippen LogP contribution >= 0.6 is 0 Å². The molecule has 1 saturated carbocycles. The van der Waals surface area contributed by atoms with Crippen LogP contribution in [-0.4, -0.2) is 36.3 Å². The summed E-state index contributed by atoms with van der Waals surface area (Å²) in [5, 5.41) is 14.1. The number of carboxylic acid groups (broad SMARTS) is 1. The van der Waals surface area contributed by atoms with E-state index in [-0.39, 0.29) is 17.8 Å². The zero-order valence-electron chi connectivity index (χ0n) is 19.2. The monoisotopic (exact) mass is 443 g/mol. The summed E-state index contributed by atoms with van der Waals surface area (Å²) >= 11 is 0. The molecule has 174 valence electrons. The van der Waals surface area contributed by atoms with Crippen LogP contribution in [0.4, 0.5) is 16.2 Å². The Kier molecular flexibility index (Phi) is 9.78. The third kappa shape index (κ3) is 7.44. The van der Waals surface area contributed by atoms with Gasteiger partial charge >= 0.3 is 12.0 Å². The van der Waals surface area contributed by atoms with Gasteiger partial charge in [-0.3, -0.25) is 4.79 Å². The molecule has 1 aromatic heterocycles. The number of carboxylic acids is 1. The van der Waals surface area contributed by atoms with Crippen LogP contribution in [0.3, 0.4) is 0 Å². The van der Waals surface area contributed by atoms with E-state index in [9.17, 15) is 9.59 Å². The van der Waals surface area contributed by atoms with Crippen molar-refractivity contribution in [3.05, 3.63) is 42.0 Å². The number of hydrogen-bond acceptors (Lipinski definition) is 5. The summed E-state index contributed by atoms with van der Waals surface area (Å²) in [6, 6.07) is 10.7. The number of nitrogens with zero attached hydrogens (tertiary/aromatic N) is 1. The molecule has 0 atom stereocenters. The number of carbonyl (C=O) groups excluding carboxylic acids is 1. The van der Waals surface area contributed by atoms with Gasteiger partial charge in [-0.25, -0.2) is 4.79 Å². The van der Waals surface area contributed by atoms with E-state index >= 15 is 0 Å².